The average molecular weight is 508 g/mol. The van der Waals surface area contributed by atoms with E-state index in [4.69, 9.17) is 4.99 Å². The van der Waals surface area contributed by atoms with E-state index >= 15 is 0 Å². The highest BCUT2D eigenvalue weighted by Gasteiger charge is 2.09. The number of hydrogen-bond acceptors (Lipinski definition) is 2. The summed E-state index contributed by atoms with van der Waals surface area (Å²) in [6.07, 6.45) is 1.05. The summed E-state index contributed by atoms with van der Waals surface area (Å²) in [4.78, 5) is 20.5. The molecular formula is C23H33IN4O. The van der Waals surface area contributed by atoms with E-state index in [0.29, 0.717) is 12.1 Å². The molecule has 0 bridgehead atoms. The number of nitrogens with one attached hydrogen (secondary N) is 1. The van der Waals surface area contributed by atoms with E-state index in [-0.39, 0.29) is 29.9 Å². The third-order valence-electron chi connectivity index (χ3n) is 4.57. The first-order valence-electron chi connectivity index (χ1n) is 9.82. The molecule has 0 saturated carbocycles. The summed E-state index contributed by atoms with van der Waals surface area (Å²) < 4.78 is 0. The molecule has 0 saturated heterocycles. The number of carbonyl (C=O) groups is 1. The molecule has 0 heterocycles. The van der Waals surface area contributed by atoms with Gasteiger partial charge >= 0.3 is 0 Å². The zero-order valence-electron chi connectivity index (χ0n) is 18.1. The van der Waals surface area contributed by atoms with Crippen molar-refractivity contribution < 1.29 is 4.79 Å². The van der Waals surface area contributed by atoms with Crippen LogP contribution >= 0.6 is 24.0 Å². The number of guanidine groups is 1. The van der Waals surface area contributed by atoms with Crippen LogP contribution in [0.5, 0.6) is 0 Å². The summed E-state index contributed by atoms with van der Waals surface area (Å²) in [6.45, 7) is 6.42. The highest BCUT2D eigenvalue weighted by Crippen LogP contribution is 2.10. The van der Waals surface area contributed by atoms with E-state index in [2.05, 4.69) is 48.3 Å². The lowest BCUT2D eigenvalue weighted by atomic mass is 10.1. The predicted molar refractivity (Wildman–Crippen MR) is 132 cm³/mol. The maximum Gasteiger partial charge on any atom is 0.253 e. The Morgan fingerprint density at radius 2 is 1.45 bits per heavy atom. The highest BCUT2D eigenvalue weighted by molar-refractivity contribution is 14.0. The van der Waals surface area contributed by atoms with E-state index in [1.807, 2.05) is 31.3 Å². The third-order valence-corrected chi connectivity index (χ3v) is 4.57. The van der Waals surface area contributed by atoms with Crippen molar-refractivity contribution in [2.24, 2.45) is 4.99 Å². The van der Waals surface area contributed by atoms with Gasteiger partial charge in [0.2, 0.25) is 0 Å². The summed E-state index contributed by atoms with van der Waals surface area (Å²) in [5.41, 5.74) is 4.38. The first-order valence-corrected chi connectivity index (χ1v) is 9.82. The van der Waals surface area contributed by atoms with Crippen LogP contribution in [0.1, 0.15) is 40.9 Å². The number of aliphatic imine (C=N–C) groups is 1. The molecular weight excluding hydrogens is 475 g/mol. The van der Waals surface area contributed by atoms with Crippen molar-refractivity contribution in [1.29, 1.82) is 0 Å². The number of aryl methyl sites for hydroxylation is 1. The lowest BCUT2D eigenvalue weighted by Gasteiger charge is -2.22. The summed E-state index contributed by atoms with van der Waals surface area (Å²) in [5, 5.41) is 3.36. The van der Waals surface area contributed by atoms with Crippen LogP contribution in [0.25, 0.3) is 0 Å². The smallest absolute Gasteiger partial charge is 0.253 e. The standard InChI is InChI=1S/C23H32N4O.HI/c1-6-18-8-10-20(11-9-18)17-27(5)23(24-7-2)25-16-19-12-14-21(15-13-19)22(28)26(3)4;/h8-15H,6-7,16-17H2,1-5H3,(H,24,25);1H. The van der Waals surface area contributed by atoms with Crippen molar-refractivity contribution in [3.05, 3.63) is 70.8 Å². The van der Waals surface area contributed by atoms with Crippen molar-refractivity contribution in [3.63, 3.8) is 0 Å². The van der Waals surface area contributed by atoms with Crippen molar-refractivity contribution in [3.8, 4) is 0 Å². The van der Waals surface area contributed by atoms with Gasteiger partial charge in [0.15, 0.2) is 5.96 Å². The quantitative estimate of drug-likeness (QED) is 0.347. The SMILES string of the molecule is CCNC(=NCc1ccc(C(=O)N(C)C)cc1)N(C)Cc1ccc(CC)cc1.I. The summed E-state index contributed by atoms with van der Waals surface area (Å²) in [7, 11) is 5.57. The molecule has 0 radical (unpaired) electrons. The Balaban J connectivity index is 0.00000420. The van der Waals surface area contributed by atoms with E-state index in [1.54, 1.807) is 19.0 Å². The Morgan fingerprint density at radius 1 is 0.897 bits per heavy atom. The average Bonchev–Trinajstić information content (AvgIpc) is 2.71. The van der Waals surface area contributed by atoms with Crippen LogP contribution in [-0.4, -0.2) is 49.4 Å². The molecule has 0 aliphatic carbocycles. The monoisotopic (exact) mass is 508 g/mol. The molecule has 0 fully saturated rings. The first kappa shape index (κ1) is 24.9. The van der Waals surface area contributed by atoms with Gasteiger partial charge in [-0.1, -0.05) is 43.3 Å². The Labute approximate surface area is 192 Å². The molecule has 29 heavy (non-hydrogen) atoms. The van der Waals surface area contributed by atoms with Crippen LogP contribution < -0.4 is 5.32 Å². The van der Waals surface area contributed by atoms with Gasteiger partial charge in [-0.3, -0.25) is 4.79 Å². The highest BCUT2D eigenvalue weighted by atomic mass is 127. The minimum Gasteiger partial charge on any atom is -0.357 e. The molecule has 6 heteroatoms. The zero-order valence-corrected chi connectivity index (χ0v) is 20.4. The Kier molecular flexibility index (Phi) is 10.7. The molecule has 2 rings (SSSR count). The van der Waals surface area contributed by atoms with Crippen molar-refractivity contribution in [2.75, 3.05) is 27.7 Å². The van der Waals surface area contributed by atoms with Gasteiger partial charge < -0.3 is 15.1 Å². The maximum atomic E-state index is 12.0. The van der Waals surface area contributed by atoms with Gasteiger partial charge in [0.25, 0.3) is 5.91 Å². The number of hydrogen-bond donors (Lipinski definition) is 1. The molecule has 0 aromatic heterocycles. The maximum absolute atomic E-state index is 12.0. The van der Waals surface area contributed by atoms with Crippen LogP contribution in [0.15, 0.2) is 53.5 Å². The molecule has 1 amide bonds. The van der Waals surface area contributed by atoms with Gasteiger partial charge in [0.1, 0.15) is 0 Å². The van der Waals surface area contributed by atoms with Gasteiger partial charge in [0, 0.05) is 39.8 Å². The van der Waals surface area contributed by atoms with Gasteiger partial charge in [-0.25, -0.2) is 4.99 Å². The van der Waals surface area contributed by atoms with Gasteiger partial charge in [-0.2, -0.15) is 0 Å². The summed E-state index contributed by atoms with van der Waals surface area (Å²) in [6, 6.07) is 16.4. The molecule has 2 aromatic carbocycles. The van der Waals surface area contributed by atoms with Crippen molar-refractivity contribution in [2.45, 2.75) is 33.4 Å². The second kappa shape index (κ2) is 12.5. The Hall–Kier alpha value is -2.09. The van der Waals surface area contributed by atoms with E-state index in [9.17, 15) is 4.79 Å². The molecule has 2 aromatic rings. The third kappa shape index (κ3) is 7.68. The second-order valence-corrected chi connectivity index (χ2v) is 7.09. The van der Waals surface area contributed by atoms with Gasteiger partial charge in [0.05, 0.1) is 6.54 Å². The molecule has 158 valence electrons. The lowest BCUT2D eigenvalue weighted by Crippen LogP contribution is -2.38. The number of rotatable bonds is 7. The molecule has 5 nitrogen and oxygen atoms in total. The Bertz CT molecular complexity index is 786. The minimum atomic E-state index is 0. The molecule has 0 aliphatic rings. The summed E-state index contributed by atoms with van der Waals surface area (Å²) >= 11 is 0. The van der Waals surface area contributed by atoms with Gasteiger partial charge in [-0.05, 0) is 42.2 Å². The number of carbonyl (C=O) groups excluding carboxylic acids is 1. The fraction of sp³-hybridized carbons (Fsp3) is 0.391. The normalized spacial score (nSPS) is 10.9. The number of nitrogens with zero attached hydrogens (tertiary/aromatic N) is 3. The van der Waals surface area contributed by atoms with Crippen LogP contribution in [0.2, 0.25) is 0 Å². The number of amides is 1. The minimum absolute atomic E-state index is 0. The largest absolute Gasteiger partial charge is 0.357 e. The van der Waals surface area contributed by atoms with Gasteiger partial charge in [-0.15, -0.1) is 24.0 Å². The number of benzene rings is 2. The molecule has 0 unspecified atom stereocenters. The molecule has 0 aliphatic heterocycles. The second-order valence-electron chi connectivity index (χ2n) is 7.09. The molecule has 1 N–H and O–H groups in total. The summed E-state index contributed by atoms with van der Waals surface area (Å²) in [5.74, 6) is 0.882. The Morgan fingerprint density at radius 3 is 1.97 bits per heavy atom. The van der Waals surface area contributed by atoms with Crippen molar-refractivity contribution in [1.82, 2.24) is 15.1 Å². The molecule has 0 atom stereocenters. The van der Waals surface area contributed by atoms with Crippen LogP contribution in [-0.2, 0) is 19.5 Å². The van der Waals surface area contributed by atoms with E-state index in [1.165, 1.54) is 11.1 Å². The van der Waals surface area contributed by atoms with Crippen LogP contribution in [0.4, 0.5) is 0 Å². The van der Waals surface area contributed by atoms with E-state index < -0.39 is 0 Å². The fourth-order valence-corrected chi connectivity index (χ4v) is 2.88. The topological polar surface area (TPSA) is 47.9 Å². The number of halogens is 1. The fourth-order valence-electron chi connectivity index (χ4n) is 2.88. The lowest BCUT2D eigenvalue weighted by molar-refractivity contribution is 0.0827. The predicted octanol–water partition coefficient (Wildman–Crippen LogP) is 4.17. The van der Waals surface area contributed by atoms with E-state index in [0.717, 1.165) is 31.0 Å². The van der Waals surface area contributed by atoms with Crippen molar-refractivity contribution >= 4 is 35.8 Å². The molecule has 0 spiro atoms. The van der Waals surface area contributed by atoms with Crippen LogP contribution in [0, 0.1) is 0 Å². The first-order chi connectivity index (χ1) is 13.4. The zero-order chi connectivity index (χ0) is 20.5. The van der Waals surface area contributed by atoms with Crippen LogP contribution in [0.3, 0.4) is 0 Å².